The van der Waals surface area contributed by atoms with Gasteiger partial charge in [0.1, 0.15) is 23.1 Å². The molecule has 21 heavy (non-hydrogen) atoms. The minimum absolute atomic E-state index is 0.0124. The quantitative estimate of drug-likeness (QED) is 0.833. The van der Waals surface area contributed by atoms with Gasteiger partial charge in [0.2, 0.25) is 0 Å². The maximum Gasteiger partial charge on any atom is 0.326 e. The fourth-order valence-electron chi connectivity index (χ4n) is 2.48. The van der Waals surface area contributed by atoms with E-state index < -0.39 is 24.0 Å². The van der Waals surface area contributed by atoms with E-state index in [4.69, 9.17) is 9.47 Å². The number of carboxylic acid groups (broad SMARTS) is 1. The van der Waals surface area contributed by atoms with Gasteiger partial charge in [-0.2, -0.15) is 0 Å². The zero-order chi connectivity index (χ0) is 15.6. The second-order valence-electron chi connectivity index (χ2n) is 4.74. The van der Waals surface area contributed by atoms with E-state index in [1.165, 1.54) is 14.2 Å². The summed E-state index contributed by atoms with van der Waals surface area (Å²) in [5.74, 6) is -1.09. The highest BCUT2D eigenvalue weighted by atomic mass is 16.5. The molecule has 1 heterocycles. The number of aliphatic hydroxyl groups excluding tert-OH is 1. The summed E-state index contributed by atoms with van der Waals surface area (Å²) in [4.78, 5) is 25.0. The number of hydrogen-bond acceptors (Lipinski definition) is 5. The molecule has 0 saturated carbocycles. The molecule has 0 aliphatic carbocycles. The van der Waals surface area contributed by atoms with Crippen LogP contribution in [0.3, 0.4) is 0 Å². The summed E-state index contributed by atoms with van der Waals surface area (Å²) in [5.41, 5.74) is 0.155. The highest BCUT2D eigenvalue weighted by Crippen LogP contribution is 2.32. The SMILES string of the molecule is COc1cccc(OC)c1C(=O)N1CC(O)C[C@H]1C(=O)O. The van der Waals surface area contributed by atoms with E-state index >= 15 is 0 Å². The van der Waals surface area contributed by atoms with Gasteiger partial charge in [-0.1, -0.05) is 6.07 Å². The third-order valence-electron chi connectivity index (χ3n) is 3.47. The Kier molecular flexibility index (Phi) is 4.32. The van der Waals surface area contributed by atoms with E-state index in [-0.39, 0.29) is 18.5 Å². The predicted molar refractivity (Wildman–Crippen MR) is 72.6 cm³/mol. The van der Waals surface area contributed by atoms with E-state index in [1.807, 2.05) is 0 Å². The molecule has 1 aliphatic heterocycles. The van der Waals surface area contributed by atoms with Gasteiger partial charge < -0.3 is 24.6 Å². The third-order valence-corrected chi connectivity index (χ3v) is 3.47. The van der Waals surface area contributed by atoms with E-state index in [1.54, 1.807) is 18.2 Å². The van der Waals surface area contributed by atoms with Gasteiger partial charge in [0.15, 0.2) is 0 Å². The number of β-amino-alcohol motifs (C(OH)–C–C–N with tert-alkyl or cyclic N) is 1. The van der Waals surface area contributed by atoms with Gasteiger partial charge in [-0.15, -0.1) is 0 Å². The Hall–Kier alpha value is -2.28. The highest BCUT2D eigenvalue weighted by Gasteiger charge is 2.40. The highest BCUT2D eigenvalue weighted by molar-refractivity contribution is 6.01. The number of methoxy groups -OCH3 is 2. The molecule has 7 heteroatoms. The monoisotopic (exact) mass is 295 g/mol. The van der Waals surface area contributed by atoms with Gasteiger partial charge >= 0.3 is 5.97 Å². The molecule has 2 atom stereocenters. The summed E-state index contributed by atoms with van der Waals surface area (Å²) in [7, 11) is 2.83. The summed E-state index contributed by atoms with van der Waals surface area (Å²) >= 11 is 0. The zero-order valence-corrected chi connectivity index (χ0v) is 11.8. The second-order valence-corrected chi connectivity index (χ2v) is 4.74. The lowest BCUT2D eigenvalue weighted by molar-refractivity contribution is -0.141. The average molecular weight is 295 g/mol. The molecule has 7 nitrogen and oxygen atoms in total. The van der Waals surface area contributed by atoms with Crippen LogP contribution in [-0.2, 0) is 4.79 Å². The molecule has 114 valence electrons. The van der Waals surface area contributed by atoms with Gasteiger partial charge in [-0.3, -0.25) is 4.79 Å². The number of amides is 1. The maximum absolute atomic E-state index is 12.7. The van der Waals surface area contributed by atoms with Gasteiger partial charge in [0, 0.05) is 13.0 Å². The molecule has 1 fully saturated rings. The Balaban J connectivity index is 2.42. The van der Waals surface area contributed by atoms with Crippen molar-refractivity contribution in [2.75, 3.05) is 20.8 Å². The summed E-state index contributed by atoms with van der Waals surface area (Å²) in [6.07, 6.45) is -0.839. The predicted octanol–water partition coefficient (Wildman–Crippen LogP) is 0.364. The average Bonchev–Trinajstić information content (AvgIpc) is 2.87. The van der Waals surface area contributed by atoms with Crippen molar-refractivity contribution in [1.29, 1.82) is 0 Å². The summed E-state index contributed by atoms with van der Waals surface area (Å²) < 4.78 is 10.3. The van der Waals surface area contributed by atoms with Crippen LogP contribution < -0.4 is 9.47 Å². The molecule has 1 aliphatic rings. The van der Waals surface area contributed by atoms with Crippen LogP contribution in [0.4, 0.5) is 0 Å². The standard InChI is InChI=1S/C14H17NO6/c1-20-10-4-3-5-11(21-2)12(10)13(17)15-7-8(16)6-9(15)14(18)19/h3-5,8-9,16H,6-7H2,1-2H3,(H,18,19)/t8?,9-/m0/s1. The van der Waals surface area contributed by atoms with Crippen LogP contribution in [0.2, 0.25) is 0 Å². The van der Waals surface area contributed by atoms with Crippen LogP contribution in [-0.4, -0.2) is 59.9 Å². The van der Waals surface area contributed by atoms with Gasteiger partial charge in [-0.25, -0.2) is 4.79 Å². The lowest BCUT2D eigenvalue weighted by Crippen LogP contribution is -2.40. The molecule has 1 unspecified atom stereocenters. The number of likely N-dealkylation sites (tertiary alicyclic amines) is 1. The minimum atomic E-state index is -1.14. The Morgan fingerprint density at radius 3 is 2.29 bits per heavy atom. The number of ether oxygens (including phenoxy) is 2. The fourth-order valence-corrected chi connectivity index (χ4v) is 2.48. The number of aliphatic carboxylic acids is 1. The van der Waals surface area contributed by atoms with Crippen LogP contribution >= 0.6 is 0 Å². The number of benzene rings is 1. The van der Waals surface area contributed by atoms with Crippen LogP contribution in [0, 0.1) is 0 Å². The summed E-state index contributed by atoms with van der Waals surface area (Å²) in [6, 6.07) is 3.81. The zero-order valence-electron chi connectivity index (χ0n) is 11.8. The number of nitrogens with zero attached hydrogens (tertiary/aromatic N) is 1. The van der Waals surface area contributed by atoms with Crippen molar-refractivity contribution in [3.63, 3.8) is 0 Å². The van der Waals surface area contributed by atoms with Gasteiger partial charge in [0.05, 0.1) is 20.3 Å². The van der Waals surface area contributed by atoms with E-state index in [9.17, 15) is 19.8 Å². The lowest BCUT2D eigenvalue weighted by Gasteiger charge is -2.23. The van der Waals surface area contributed by atoms with Crippen molar-refractivity contribution in [1.82, 2.24) is 4.90 Å². The normalized spacial score (nSPS) is 21.2. The molecule has 0 bridgehead atoms. The minimum Gasteiger partial charge on any atom is -0.496 e. The number of carbonyl (C=O) groups is 2. The van der Waals surface area contributed by atoms with Crippen molar-refractivity contribution < 1.29 is 29.3 Å². The van der Waals surface area contributed by atoms with Crippen molar-refractivity contribution in [3.8, 4) is 11.5 Å². The van der Waals surface area contributed by atoms with E-state index in [0.29, 0.717) is 11.5 Å². The largest absolute Gasteiger partial charge is 0.496 e. The Bertz CT molecular complexity index is 536. The van der Waals surface area contributed by atoms with Crippen LogP contribution in [0.1, 0.15) is 16.8 Å². The Labute approximate surface area is 121 Å². The molecule has 0 aromatic heterocycles. The number of carboxylic acids is 1. The summed E-state index contributed by atoms with van der Waals surface area (Å²) in [6.45, 7) is -0.0308. The van der Waals surface area contributed by atoms with Crippen LogP contribution in [0.15, 0.2) is 18.2 Å². The van der Waals surface area contributed by atoms with Gasteiger partial charge in [-0.05, 0) is 12.1 Å². The third kappa shape index (κ3) is 2.78. The van der Waals surface area contributed by atoms with Crippen LogP contribution in [0.25, 0.3) is 0 Å². The first-order valence-electron chi connectivity index (χ1n) is 6.42. The molecule has 1 aromatic rings. The van der Waals surface area contributed by atoms with Crippen molar-refractivity contribution in [2.45, 2.75) is 18.6 Å². The summed E-state index contributed by atoms with van der Waals surface area (Å²) in [5, 5.41) is 18.8. The smallest absolute Gasteiger partial charge is 0.326 e. The molecule has 0 spiro atoms. The molecule has 1 saturated heterocycles. The van der Waals surface area contributed by atoms with Crippen LogP contribution in [0.5, 0.6) is 11.5 Å². The van der Waals surface area contributed by atoms with E-state index in [2.05, 4.69) is 0 Å². The van der Waals surface area contributed by atoms with Crippen molar-refractivity contribution in [2.24, 2.45) is 0 Å². The lowest BCUT2D eigenvalue weighted by atomic mass is 10.1. The molecular formula is C14H17NO6. The van der Waals surface area contributed by atoms with Crippen molar-refractivity contribution >= 4 is 11.9 Å². The Morgan fingerprint density at radius 1 is 1.24 bits per heavy atom. The van der Waals surface area contributed by atoms with Crippen molar-refractivity contribution in [3.05, 3.63) is 23.8 Å². The van der Waals surface area contributed by atoms with Gasteiger partial charge in [0.25, 0.3) is 5.91 Å². The molecule has 0 radical (unpaired) electrons. The molecule has 1 amide bonds. The first-order chi connectivity index (χ1) is 9.99. The fraction of sp³-hybridized carbons (Fsp3) is 0.429. The number of aliphatic hydroxyl groups is 1. The molecule has 2 rings (SSSR count). The Morgan fingerprint density at radius 2 is 1.81 bits per heavy atom. The number of hydrogen-bond donors (Lipinski definition) is 2. The number of carbonyl (C=O) groups excluding carboxylic acids is 1. The molecule has 1 aromatic carbocycles. The van der Waals surface area contributed by atoms with E-state index in [0.717, 1.165) is 4.90 Å². The number of rotatable bonds is 4. The topological polar surface area (TPSA) is 96.3 Å². The maximum atomic E-state index is 12.7. The molecular weight excluding hydrogens is 278 g/mol. The second kappa shape index (κ2) is 6.01. The first kappa shape index (κ1) is 15.1. The molecule has 2 N–H and O–H groups in total. The first-order valence-corrected chi connectivity index (χ1v) is 6.42.